The molecule has 0 aliphatic carbocycles. The molecule has 0 spiro atoms. The van der Waals surface area contributed by atoms with Gasteiger partial charge < -0.3 is 15.2 Å². The van der Waals surface area contributed by atoms with Crippen molar-refractivity contribution >= 4 is 0 Å². The number of ether oxygens (including phenoxy) is 1. The van der Waals surface area contributed by atoms with E-state index in [1.165, 1.54) is 0 Å². The first kappa shape index (κ1) is 13.4. The fourth-order valence-electron chi connectivity index (χ4n) is 1.84. The molecular weight excluding hydrogens is 242 g/mol. The zero-order valence-electron chi connectivity index (χ0n) is 11.3. The Balaban J connectivity index is 1.88. The van der Waals surface area contributed by atoms with E-state index in [-0.39, 0.29) is 5.75 Å². The van der Waals surface area contributed by atoms with Crippen LogP contribution < -0.4 is 10.1 Å². The lowest BCUT2D eigenvalue weighted by Gasteiger charge is -2.07. The normalized spacial score (nSPS) is 10.6. The van der Waals surface area contributed by atoms with Gasteiger partial charge in [0.15, 0.2) is 11.5 Å². The molecule has 19 heavy (non-hydrogen) atoms. The van der Waals surface area contributed by atoms with Crippen LogP contribution in [-0.2, 0) is 19.6 Å². The van der Waals surface area contributed by atoms with Crippen LogP contribution in [0.4, 0.5) is 0 Å². The van der Waals surface area contributed by atoms with Crippen LogP contribution >= 0.6 is 0 Å². The first-order chi connectivity index (χ1) is 9.22. The zero-order valence-corrected chi connectivity index (χ0v) is 11.3. The molecule has 2 aromatic rings. The highest BCUT2D eigenvalue weighted by Gasteiger charge is 2.03. The highest BCUT2D eigenvalue weighted by atomic mass is 16.5. The van der Waals surface area contributed by atoms with E-state index >= 15 is 0 Å². The number of phenols is 1. The number of rotatable bonds is 6. The first-order valence-corrected chi connectivity index (χ1v) is 6.32. The number of nitrogens with zero attached hydrogens (tertiary/aromatic N) is 2. The van der Waals surface area contributed by atoms with Gasteiger partial charge >= 0.3 is 0 Å². The van der Waals surface area contributed by atoms with E-state index in [0.717, 1.165) is 24.3 Å². The zero-order chi connectivity index (χ0) is 13.7. The molecule has 0 aliphatic heterocycles. The molecule has 1 heterocycles. The van der Waals surface area contributed by atoms with Gasteiger partial charge in [0.2, 0.25) is 0 Å². The van der Waals surface area contributed by atoms with Crippen LogP contribution in [0.1, 0.15) is 18.2 Å². The molecule has 0 bridgehead atoms. The number of phenolic OH excluding ortho intramolecular Hbond substituents is 1. The lowest BCUT2D eigenvalue weighted by Crippen LogP contribution is -2.13. The first-order valence-electron chi connectivity index (χ1n) is 6.32. The molecular formula is C14H19N3O2. The monoisotopic (exact) mass is 261 g/mol. The molecule has 0 atom stereocenters. The fourth-order valence-corrected chi connectivity index (χ4v) is 1.84. The Hall–Kier alpha value is -2.01. The van der Waals surface area contributed by atoms with Crippen LogP contribution in [0.5, 0.6) is 11.5 Å². The number of hydrogen-bond acceptors (Lipinski definition) is 4. The SMILES string of the molecule is CCn1ccc(CNCc2ccc(O)c(OC)c2)n1. The predicted molar refractivity (Wildman–Crippen MR) is 73.1 cm³/mol. The second-order valence-corrected chi connectivity index (χ2v) is 4.27. The fraction of sp³-hybridized carbons (Fsp3) is 0.357. The van der Waals surface area contributed by atoms with Gasteiger partial charge in [0.05, 0.1) is 12.8 Å². The minimum absolute atomic E-state index is 0.160. The van der Waals surface area contributed by atoms with Crippen molar-refractivity contribution in [2.24, 2.45) is 0 Å². The lowest BCUT2D eigenvalue weighted by molar-refractivity contribution is 0.372. The van der Waals surface area contributed by atoms with Gasteiger partial charge in [-0.05, 0) is 30.7 Å². The summed E-state index contributed by atoms with van der Waals surface area (Å²) in [5, 5.41) is 17.2. The summed E-state index contributed by atoms with van der Waals surface area (Å²) in [6.45, 7) is 4.37. The van der Waals surface area contributed by atoms with Crippen molar-refractivity contribution in [3.63, 3.8) is 0 Å². The van der Waals surface area contributed by atoms with Crippen molar-refractivity contribution in [3.8, 4) is 11.5 Å². The van der Waals surface area contributed by atoms with Crippen molar-refractivity contribution in [1.29, 1.82) is 0 Å². The Labute approximate surface area is 112 Å². The Morgan fingerprint density at radius 3 is 2.84 bits per heavy atom. The minimum atomic E-state index is 0.160. The van der Waals surface area contributed by atoms with E-state index in [9.17, 15) is 5.11 Å². The van der Waals surface area contributed by atoms with Crippen LogP contribution in [0, 0.1) is 0 Å². The van der Waals surface area contributed by atoms with Crippen LogP contribution in [0.3, 0.4) is 0 Å². The van der Waals surface area contributed by atoms with Gasteiger partial charge in [-0.25, -0.2) is 0 Å². The molecule has 0 radical (unpaired) electrons. The number of benzene rings is 1. The lowest BCUT2D eigenvalue weighted by atomic mass is 10.2. The topological polar surface area (TPSA) is 59.3 Å². The van der Waals surface area contributed by atoms with Gasteiger partial charge in [-0.2, -0.15) is 5.10 Å². The molecule has 2 rings (SSSR count). The van der Waals surface area contributed by atoms with Gasteiger partial charge in [-0.3, -0.25) is 4.68 Å². The molecule has 0 saturated heterocycles. The molecule has 2 N–H and O–H groups in total. The highest BCUT2D eigenvalue weighted by molar-refractivity contribution is 5.41. The maximum Gasteiger partial charge on any atom is 0.160 e. The molecule has 5 nitrogen and oxygen atoms in total. The number of aromatic nitrogens is 2. The van der Waals surface area contributed by atoms with Crippen LogP contribution in [-0.4, -0.2) is 22.0 Å². The predicted octanol–water partition coefficient (Wildman–Crippen LogP) is 1.91. The summed E-state index contributed by atoms with van der Waals surface area (Å²) in [5.41, 5.74) is 2.08. The minimum Gasteiger partial charge on any atom is -0.504 e. The molecule has 0 amide bonds. The Morgan fingerprint density at radius 1 is 1.32 bits per heavy atom. The Bertz CT molecular complexity index is 537. The van der Waals surface area contributed by atoms with E-state index in [4.69, 9.17) is 4.74 Å². The molecule has 0 aliphatic rings. The average molecular weight is 261 g/mol. The molecule has 0 fully saturated rings. The average Bonchev–Trinajstić information content (AvgIpc) is 2.88. The van der Waals surface area contributed by atoms with Gasteiger partial charge in [0.25, 0.3) is 0 Å². The molecule has 1 aromatic heterocycles. The van der Waals surface area contributed by atoms with E-state index in [0.29, 0.717) is 12.3 Å². The van der Waals surface area contributed by atoms with Crippen molar-refractivity contribution in [2.45, 2.75) is 26.6 Å². The molecule has 5 heteroatoms. The molecule has 0 saturated carbocycles. The van der Waals surface area contributed by atoms with Gasteiger partial charge in [0, 0.05) is 25.8 Å². The quantitative estimate of drug-likeness (QED) is 0.834. The number of aromatic hydroxyl groups is 1. The number of methoxy groups -OCH3 is 1. The maximum absolute atomic E-state index is 9.51. The van der Waals surface area contributed by atoms with Crippen LogP contribution in [0.2, 0.25) is 0 Å². The third-order valence-electron chi connectivity index (χ3n) is 2.90. The standard InChI is InChI=1S/C14H19N3O2/c1-3-17-7-6-12(16-17)10-15-9-11-4-5-13(18)14(8-11)19-2/h4-8,15,18H,3,9-10H2,1-2H3. The third-order valence-corrected chi connectivity index (χ3v) is 2.90. The Morgan fingerprint density at radius 2 is 2.16 bits per heavy atom. The van der Waals surface area contributed by atoms with Crippen molar-refractivity contribution in [2.75, 3.05) is 7.11 Å². The smallest absolute Gasteiger partial charge is 0.160 e. The summed E-state index contributed by atoms with van der Waals surface area (Å²) < 4.78 is 6.98. The largest absolute Gasteiger partial charge is 0.504 e. The maximum atomic E-state index is 9.51. The summed E-state index contributed by atoms with van der Waals surface area (Å²) >= 11 is 0. The molecule has 102 valence electrons. The van der Waals surface area contributed by atoms with Gasteiger partial charge in [0.1, 0.15) is 0 Å². The van der Waals surface area contributed by atoms with E-state index in [1.807, 2.05) is 29.1 Å². The molecule has 1 aromatic carbocycles. The number of hydrogen-bond donors (Lipinski definition) is 2. The third kappa shape index (κ3) is 3.48. The highest BCUT2D eigenvalue weighted by Crippen LogP contribution is 2.26. The number of aryl methyl sites for hydroxylation is 1. The second-order valence-electron chi connectivity index (χ2n) is 4.27. The van der Waals surface area contributed by atoms with Gasteiger partial charge in [-0.15, -0.1) is 0 Å². The van der Waals surface area contributed by atoms with E-state index in [1.54, 1.807) is 13.2 Å². The van der Waals surface area contributed by atoms with Crippen molar-refractivity contribution < 1.29 is 9.84 Å². The summed E-state index contributed by atoms with van der Waals surface area (Å²) in [4.78, 5) is 0. The summed E-state index contributed by atoms with van der Waals surface area (Å²) in [6, 6.07) is 7.35. The van der Waals surface area contributed by atoms with Gasteiger partial charge in [-0.1, -0.05) is 6.07 Å². The number of nitrogens with one attached hydrogen (secondary N) is 1. The summed E-state index contributed by atoms with van der Waals surface area (Å²) in [7, 11) is 1.55. The van der Waals surface area contributed by atoms with E-state index < -0.39 is 0 Å². The summed E-state index contributed by atoms with van der Waals surface area (Å²) in [5.74, 6) is 0.655. The molecule has 0 unspecified atom stereocenters. The van der Waals surface area contributed by atoms with Crippen molar-refractivity contribution in [3.05, 3.63) is 41.7 Å². The Kier molecular flexibility index (Phi) is 4.41. The summed E-state index contributed by atoms with van der Waals surface area (Å²) in [6.07, 6.45) is 1.97. The van der Waals surface area contributed by atoms with E-state index in [2.05, 4.69) is 17.3 Å². The second kappa shape index (κ2) is 6.24. The van der Waals surface area contributed by atoms with Crippen LogP contribution in [0.25, 0.3) is 0 Å². The van der Waals surface area contributed by atoms with Crippen molar-refractivity contribution in [1.82, 2.24) is 15.1 Å². The van der Waals surface area contributed by atoms with Crippen LogP contribution in [0.15, 0.2) is 30.5 Å².